The van der Waals surface area contributed by atoms with Crippen molar-refractivity contribution in [1.82, 2.24) is 0 Å². The number of benzene rings is 8. The molecule has 0 aliphatic heterocycles. The fraction of sp³-hybridized carbons (Fsp3) is 0.111. The number of fused-ring (bicyclic) bond motifs is 6. The summed E-state index contributed by atoms with van der Waals surface area (Å²) < 4.78 is 14.5. The molecule has 8 aromatic rings. The highest BCUT2D eigenvalue weighted by Crippen LogP contribution is 2.54. The molecular weight excluding hydrogens is 682 g/mol. The maximum atomic E-state index is 14.5. The number of rotatable bonds is 6. The van der Waals surface area contributed by atoms with Crippen LogP contribution < -0.4 is 4.90 Å². The van der Waals surface area contributed by atoms with Crippen LogP contribution in [0.3, 0.4) is 0 Å². The van der Waals surface area contributed by atoms with Gasteiger partial charge in [0.15, 0.2) is 0 Å². The third-order valence-electron chi connectivity index (χ3n) is 12.4. The zero-order valence-electron chi connectivity index (χ0n) is 32.1. The van der Waals surface area contributed by atoms with Gasteiger partial charge >= 0.3 is 0 Å². The lowest BCUT2D eigenvalue weighted by atomic mass is 9.81. The minimum absolute atomic E-state index is 0.163. The minimum atomic E-state index is -0.245. The van der Waals surface area contributed by atoms with Crippen molar-refractivity contribution < 1.29 is 4.39 Å². The second-order valence-electron chi connectivity index (χ2n) is 16.3. The van der Waals surface area contributed by atoms with Crippen LogP contribution in [0.5, 0.6) is 0 Å². The van der Waals surface area contributed by atoms with Crippen molar-refractivity contribution in [3.63, 3.8) is 0 Å². The molecule has 0 saturated heterocycles. The first-order chi connectivity index (χ1) is 27.2. The van der Waals surface area contributed by atoms with Gasteiger partial charge in [-0.05, 0) is 121 Å². The maximum Gasteiger partial charge on any atom is 0.123 e. The highest BCUT2D eigenvalue weighted by atomic mass is 19.1. The molecule has 2 aliphatic rings. The standard InChI is InChI=1S/C54H42FN/c1-53(2)47-18-10-8-15-43(47)45-31-25-38(33-49(45)53)52-42(37-21-26-39(55)27-22-37)17-12-20-51(52)56(40-28-23-36(24-29-40)35-13-6-5-7-14-35)41-30-32-46-44-16-9-11-19-48(44)54(3,4)50(46)34-41/h5-34H,1-4H3. The van der Waals surface area contributed by atoms with Gasteiger partial charge in [-0.2, -0.15) is 0 Å². The molecule has 0 bridgehead atoms. The summed E-state index contributed by atoms with van der Waals surface area (Å²) in [7, 11) is 0. The highest BCUT2D eigenvalue weighted by Gasteiger charge is 2.37. The van der Waals surface area contributed by atoms with Gasteiger partial charge in [0.25, 0.3) is 0 Å². The van der Waals surface area contributed by atoms with E-state index in [1.807, 2.05) is 12.1 Å². The highest BCUT2D eigenvalue weighted by molar-refractivity contribution is 5.98. The Morgan fingerprint density at radius 2 is 0.839 bits per heavy atom. The minimum Gasteiger partial charge on any atom is -0.310 e. The summed E-state index contributed by atoms with van der Waals surface area (Å²) >= 11 is 0. The second kappa shape index (κ2) is 12.8. The van der Waals surface area contributed by atoms with Crippen molar-refractivity contribution in [3.8, 4) is 55.6 Å². The lowest BCUT2D eigenvalue weighted by Gasteiger charge is -2.31. The zero-order valence-corrected chi connectivity index (χ0v) is 32.1. The Kier molecular flexibility index (Phi) is 7.76. The first-order valence-corrected chi connectivity index (χ1v) is 19.5. The first kappa shape index (κ1) is 34.0. The van der Waals surface area contributed by atoms with Gasteiger partial charge in [0.1, 0.15) is 5.82 Å². The molecule has 8 aromatic carbocycles. The van der Waals surface area contributed by atoms with Crippen molar-refractivity contribution >= 4 is 17.1 Å². The molecule has 0 amide bonds. The van der Waals surface area contributed by atoms with E-state index in [9.17, 15) is 4.39 Å². The van der Waals surface area contributed by atoms with Crippen LogP contribution in [0, 0.1) is 5.82 Å². The fourth-order valence-electron chi connectivity index (χ4n) is 9.45. The van der Waals surface area contributed by atoms with E-state index in [1.54, 1.807) is 12.1 Å². The molecule has 270 valence electrons. The normalized spacial score (nSPS) is 14.1. The molecule has 0 N–H and O–H groups in total. The monoisotopic (exact) mass is 723 g/mol. The summed E-state index contributed by atoms with van der Waals surface area (Å²) in [5, 5.41) is 0. The molecule has 2 aliphatic carbocycles. The summed E-state index contributed by atoms with van der Waals surface area (Å²) in [5.74, 6) is -0.245. The number of anilines is 3. The van der Waals surface area contributed by atoms with Crippen molar-refractivity contribution in [3.05, 3.63) is 210 Å². The Balaban J connectivity index is 1.23. The average molecular weight is 724 g/mol. The van der Waals surface area contributed by atoms with E-state index in [-0.39, 0.29) is 16.6 Å². The van der Waals surface area contributed by atoms with E-state index in [1.165, 1.54) is 55.6 Å². The lowest BCUT2D eigenvalue weighted by molar-refractivity contribution is 0.628. The maximum absolute atomic E-state index is 14.5. The van der Waals surface area contributed by atoms with Gasteiger partial charge in [-0.3, -0.25) is 0 Å². The Labute approximate surface area is 329 Å². The van der Waals surface area contributed by atoms with Crippen molar-refractivity contribution in [2.75, 3.05) is 4.90 Å². The summed E-state index contributed by atoms with van der Waals surface area (Å²) in [6, 6.07) is 64.6. The van der Waals surface area contributed by atoms with E-state index >= 15 is 0 Å². The topological polar surface area (TPSA) is 3.24 Å². The van der Waals surface area contributed by atoms with Gasteiger partial charge in [0, 0.05) is 27.8 Å². The van der Waals surface area contributed by atoms with Crippen molar-refractivity contribution in [1.29, 1.82) is 0 Å². The molecule has 1 nitrogen and oxygen atoms in total. The van der Waals surface area contributed by atoms with Crippen LogP contribution in [0.2, 0.25) is 0 Å². The number of hydrogen-bond donors (Lipinski definition) is 0. The molecule has 0 aromatic heterocycles. The van der Waals surface area contributed by atoms with Crippen molar-refractivity contribution in [2.45, 2.75) is 38.5 Å². The fourth-order valence-corrected chi connectivity index (χ4v) is 9.45. The number of halogens is 1. The summed E-state index contributed by atoms with van der Waals surface area (Å²) in [4.78, 5) is 2.42. The lowest BCUT2D eigenvalue weighted by Crippen LogP contribution is -2.17. The van der Waals surface area contributed by atoms with Crippen LogP contribution in [-0.4, -0.2) is 0 Å². The molecular formula is C54H42FN. The van der Waals surface area contributed by atoms with Crippen LogP contribution >= 0.6 is 0 Å². The molecule has 10 rings (SSSR count). The van der Waals surface area contributed by atoms with Gasteiger partial charge in [-0.25, -0.2) is 4.39 Å². The predicted octanol–water partition coefficient (Wildman–Crippen LogP) is 14.9. The SMILES string of the molecule is CC1(C)c2ccccc2-c2ccc(-c3c(-c4ccc(F)cc4)cccc3N(c3ccc(-c4ccccc4)cc3)c3ccc4c(c3)C(C)(C)c3ccccc3-4)cc21. The summed E-state index contributed by atoms with van der Waals surface area (Å²) in [6.45, 7) is 9.34. The predicted molar refractivity (Wildman–Crippen MR) is 233 cm³/mol. The van der Waals surface area contributed by atoms with Gasteiger partial charge in [-0.15, -0.1) is 0 Å². The van der Waals surface area contributed by atoms with Gasteiger partial charge in [-0.1, -0.05) is 161 Å². The van der Waals surface area contributed by atoms with Crippen LogP contribution in [0.15, 0.2) is 182 Å². The zero-order chi connectivity index (χ0) is 38.2. The Hall–Kier alpha value is -6.51. The molecule has 0 atom stereocenters. The van der Waals surface area contributed by atoms with Gasteiger partial charge in [0.05, 0.1) is 5.69 Å². The molecule has 0 radical (unpaired) electrons. The largest absolute Gasteiger partial charge is 0.310 e. The van der Waals surface area contributed by atoms with Gasteiger partial charge < -0.3 is 4.90 Å². The average Bonchev–Trinajstić information content (AvgIpc) is 3.61. The number of nitrogens with zero attached hydrogens (tertiary/aromatic N) is 1. The van der Waals surface area contributed by atoms with Crippen LogP contribution in [-0.2, 0) is 10.8 Å². The molecule has 2 heteroatoms. The Bertz CT molecular complexity index is 2790. The van der Waals surface area contributed by atoms with Crippen molar-refractivity contribution in [2.24, 2.45) is 0 Å². The Morgan fingerprint density at radius 3 is 1.50 bits per heavy atom. The molecule has 56 heavy (non-hydrogen) atoms. The molecule has 0 saturated carbocycles. The van der Waals surface area contributed by atoms with E-state index in [4.69, 9.17) is 0 Å². The van der Waals surface area contributed by atoms with E-state index in [0.717, 1.165) is 39.3 Å². The van der Waals surface area contributed by atoms with Crippen LogP contribution in [0.4, 0.5) is 21.5 Å². The molecule has 0 heterocycles. The quantitative estimate of drug-likeness (QED) is 0.165. The van der Waals surface area contributed by atoms with E-state index < -0.39 is 0 Å². The van der Waals surface area contributed by atoms with Crippen LogP contribution in [0.1, 0.15) is 49.9 Å². The third-order valence-corrected chi connectivity index (χ3v) is 12.4. The Morgan fingerprint density at radius 1 is 0.357 bits per heavy atom. The molecule has 0 fully saturated rings. The third kappa shape index (κ3) is 5.28. The first-order valence-electron chi connectivity index (χ1n) is 19.5. The van der Waals surface area contributed by atoms with Crippen LogP contribution in [0.25, 0.3) is 55.6 Å². The van der Waals surface area contributed by atoms with E-state index in [2.05, 4.69) is 190 Å². The molecule has 0 spiro atoms. The van der Waals surface area contributed by atoms with Gasteiger partial charge in [0.2, 0.25) is 0 Å². The number of hydrogen-bond acceptors (Lipinski definition) is 1. The van der Waals surface area contributed by atoms with E-state index in [0.29, 0.717) is 0 Å². The smallest absolute Gasteiger partial charge is 0.123 e. The summed E-state index contributed by atoms with van der Waals surface area (Å²) in [5.41, 5.74) is 20.0. The summed E-state index contributed by atoms with van der Waals surface area (Å²) in [6.07, 6.45) is 0. The second-order valence-corrected chi connectivity index (χ2v) is 16.3. The molecule has 0 unspecified atom stereocenters.